The number of aliphatic hydroxyl groups is 2. The molecule has 2 rings (SSSR count). The van der Waals surface area contributed by atoms with Crippen molar-refractivity contribution in [1.29, 1.82) is 0 Å². The zero-order valence-corrected chi connectivity index (χ0v) is 35.8. The van der Waals surface area contributed by atoms with Crippen LogP contribution < -0.4 is 9.26 Å². The average Bonchev–Trinajstić information content (AvgIpc) is 3.17. The second kappa shape index (κ2) is 17.5. The molecule has 0 spiro atoms. The number of likely N-dealkylation sites (N-methyl/N-ethyl adjacent to an activating group) is 2. The number of primary amides is 1. The molecule has 0 bridgehead atoms. The zero-order valence-electron chi connectivity index (χ0n) is 28.4. The molecule has 0 aliphatic carbocycles. The number of halogens is 3. The summed E-state index contributed by atoms with van der Waals surface area (Å²) in [7, 11) is 8.13. The van der Waals surface area contributed by atoms with Gasteiger partial charge in [0.05, 0.1) is 0 Å². The van der Waals surface area contributed by atoms with E-state index in [1.807, 2.05) is 0 Å². The summed E-state index contributed by atoms with van der Waals surface area (Å²) in [5.41, 5.74) is 5.48. The van der Waals surface area contributed by atoms with Crippen molar-refractivity contribution in [2.45, 2.75) is 17.9 Å². The van der Waals surface area contributed by atoms with Gasteiger partial charge in [0.25, 0.3) is 0 Å². The first kappa shape index (κ1) is 42.4. The quantitative estimate of drug-likeness (QED) is 0.0159. The maximum atomic E-state index is 14.1. The van der Waals surface area contributed by atoms with E-state index in [-0.39, 0.29) is 25.8 Å². The van der Waals surface area contributed by atoms with Crippen molar-refractivity contribution in [3.05, 3.63) is 81.4 Å². The summed E-state index contributed by atoms with van der Waals surface area (Å²) in [6, 6.07) is 0. The van der Waals surface area contributed by atoms with E-state index in [9.17, 15) is 32.6 Å². The number of ether oxygens (including phenoxy) is 1. The van der Waals surface area contributed by atoms with Crippen LogP contribution in [-0.4, -0.2) is 101 Å². The minimum atomic E-state index is -5.54. The predicted molar refractivity (Wildman–Crippen MR) is 215 cm³/mol. The Balaban J connectivity index is 2.70. The first-order valence-electron chi connectivity index (χ1n) is 14.3. The summed E-state index contributed by atoms with van der Waals surface area (Å²) in [5.74, 6) is -1.76. The Labute approximate surface area is 298 Å². The van der Waals surface area contributed by atoms with Crippen LogP contribution in [-0.2, 0) is 32.7 Å². The number of alkyl halides is 5. The van der Waals surface area contributed by atoms with Crippen LogP contribution in [0.4, 0.5) is 0 Å². The van der Waals surface area contributed by atoms with Crippen LogP contribution in [0.1, 0.15) is 13.8 Å². The molecule has 274 valence electrons. The molecule has 0 unspecified atom stereocenters. The van der Waals surface area contributed by atoms with Crippen LogP contribution in [0.25, 0.3) is 0 Å². The molecule has 2 aliphatic rings. The number of amides is 1. The summed E-state index contributed by atoms with van der Waals surface area (Å²) in [4.78, 5) is 44.5. The van der Waals surface area contributed by atoms with Crippen LogP contribution in [0.15, 0.2) is 81.4 Å². The third-order valence-corrected chi connectivity index (χ3v) is 45.2. The summed E-state index contributed by atoms with van der Waals surface area (Å²) in [5, 5.41) is 18.6. The number of nitrogens with zero attached hydrogens (tertiary/aromatic N) is 2. The van der Waals surface area contributed by atoms with Crippen LogP contribution in [0.2, 0.25) is 0 Å². The minimum absolute atomic E-state index is 0.0897. The first-order chi connectivity index (χ1) is 22.3. The monoisotopic (exact) mass is 1040 g/mol. The zero-order chi connectivity index (χ0) is 36.6. The van der Waals surface area contributed by atoms with E-state index in [0.717, 1.165) is 6.08 Å². The van der Waals surface area contributed by atoms with Gasteiger partial charge in [-0.05, 0) is 0 Å². The van der Waals surface area contributed by atoms with Gasteiger partial charge in [-0.15, -0.1) is 0 Å². The second-order valence-electron chi connectivity index (χ2n) is 10.8. The molecule has 2 heterocycles. The number of hydrogen-bond acceptors (Lipinski definition) is 13. The average molecular weight is 1040 g/mol. The van der Waals surface area contributed by atoms with E-state index in [0.29, 0.717) is 11.5 Å². The Morgan fingerprint density at radius 3 is 2.29 bits per heavy atom. The van der Waals surface area contributed by atoms with Crippen LogP contribution >= 0.6 is 62.1 Å². The number of hydrogen-bond donors (Lipinski definition) is 5. The third kappa shape index (κ3) is 9.52. The van der Waals surface area contributed by atoms with Gasteiger partial charge in [0.1, 0.15) is 0 Å². The van der Waals surface area contributed by atoms with Gasteiger partial charge in [-0.3, -0.25) is 0 Å². The van der Waals surface area contributed by atoms with Gasteiger partial charge < -0.3 is 0 Å². The van der Waals surface area contributed by atoms with Gasteiger partial charge >= 0.3 is 301 Å². The van der Waals surface area contributed by atoms with Crippen LogP contribution in [0.5, 0.6) is 0 Å². The van der Waals surface area contributed by atoms with E-state index in [2.05, 4.69) is 10.1 Å². The Kier molecular flexibility index (Phi) is 15.4. The van der Waals surface area contributed by atoms with Gasteiger partial charge in [-0.25, -0.2) is 0 Å². The van der Waals surface area contributed by atoms with Crippen LogP contribution in [0, 0.1) is 0 Å². The molecule has 0 aromatic carbocycles. The van der Waals surface area contributed by atoms with Crippen molar-refractivity contribution in [2.75, 3.05) is 60.3 Å². The first-order valence-corrected chi connectivity index (χ1v) is 32.1. The fourth-order valence-corrected chi connectivity index (χ4v) is 45.8. The molecule has 0 fully saturated rings. The Morgan fingerprint density at radius 2 is 1.81 bits per heavy atom. The fourth-order valence-electron chi connectivity index (χ4n) is 4.65. The molecule has 1 amide bonds. The maximum absolute atomic E-state index is 14.1. The molecule has 1 atom stereocenters. The number of rotatable bonds is 16. The molecule has 2 aliphatic heterocycles. The van der Waals surface area contributed by atoms with Crippen molar-refractivity contribution in [3.63, 3.8) is 0 Å². The molecule has 14 nitrogen and oxygen atoms in total. The number of allylic oxidation sites excluding steroid dienone is 6. The van der Waals surface area contributed by atoms with Crippen LogP contribution in [0.3, 0.4) is 0 Å². The number of methoxy groups -OCH3 is 1. The molecule has 0 radical (unpaired) electrons. The normalized spacial score (nSPS) is 25.4. The molecular formula is C30H48I3N4O10P. The van der Waals surface area contributed by atoms with Crippen molar-refractivity contribution in [2.24, 2.45) is 5.73 Å². The molecule has 48 heavy (non-hydrogen) atoms. The SMILES string of the molecule is C=C/C=C(\C=C/I(NC1=C/C(N(C)C)=C/CI(CI2(C)(O)C(=O)C(C(N)=O)=C(O)[C@H]2N(C)C)C(=O)\C=C\1O)P(=O)(OCC)OCC)OC. The summed E-state index contributed by atoms with van der Waals surface area (Å²) in [6.07, 6.45) is 9.20. The van der Waals surface area contributed by atoms with Gasteiger partial charge in [0.15, 0.2) is 0 Å². The van der Waals surface area contributed by atoms with Gasteiger partial charge in [-0.1, -0.05) is 0 Å². The number of carbonyl (C=O) groups is 3. The van der Waals surface area contributed by atoms with Crippen molar-refractivity contribution in [3.8, 4) is 0 Å². The van der Waals surface area contributed by atoms with E-state index < -0.39 is 96.7 Å². The third-order valence-electron chi connectivity index (χ3n) is 6.70. The van der Waals surface area contributed by atoms with Crippen molar-refractivity contribution >= 4 is 75.6 Å². The summed E-state index contributed by atoms with van der Waals surface area (Å²) >= 11 is -11.9. The molecule has 0 saturated heterocycles. The number of carbonyl (C=O) groups excluding carboxylic acids is 3. The van der Waals surface area contributed by atoms with E-state index >= 15 is 0 Å². The summed E-state index contributed by atoms with van der Waals surface area (Å²) in [6.45, 7) is 7.23. The Bertz CT molecular complexity index is 1520. The Morgan fingerprint density at radius 1 is 1.21 bits per heavy atom. The number of aliphatic hydroxyl groups excluding tert-OH is 2. The van der Waals surface area contributed by atoms with E-state index in [1.54, 1.807) is 75.3 Å². The van der Waals surface area contributed by atoms with E-state index in [1.165, 1.54) is 23.0 Å². The molecule has 0 saturated carbocycles. The molecule has 0 aromatic rings. The Hall–Kier alpha value is -1.75. The van der Waals surface area contributed by atoms with Crippen molar-refractivity contribution < 1.29 is 46.4 Å². The topological polar surface area (TPSA) is 201 Å². The predicted octanol–water partition coefficient (Wildman–Crippen LogP) is 5.02. The summed E-state index contributed by atoms with van der Waals surface area (Å²) < 4.78 is 45.5. The molecular weight excluding hydrogens is 988 g/mol. The second-order valence-corrected chi connectivity index (χ2v) is 41.1. The standard InChI is InChI=1S/C30H48I3N4O10P/c1-10-13-22(45-9)15-17-32(48(44,46-11-2)47-12-3)35-23-18-21(36(5)6)14-16-31(25(39)19-24(23)38)20-33(4,43)28(37(7)8)27(40)26(29(33)41)30(34)42/h10,13-15,17-19,28,35,38,40,43H,1,11-12,16,20H2,2-9H3,(H2,34,42)/b17-15-,21-14-,22-13+,23-18+,24-19-/t28-/m1/s1. The molecule has 0 aromatic heterocycles. The van der Waals surface area contributed by atoms with Gasteiger partial charge in [0.2, 0.25) is 0 Å². The molecule has 6 N–H and O–H groups in total. The van der Waals surface area contributed by atoms with Gasteiger partial charge in [0, 0.05) is 0 Å². The fraction of sp³-hybridized carbons (Fsp3) is 0.433. The van der Waals surface area contributed by atoms with Crippen molar-refractivity contribution in [1.82, 2.24) is 13.3 Å². The van der Waals surface area contributed by atoms with E-state index in [4.69, 9.17) is 19.5 Å². The number of nitrogens with two attached hydrogens (primary N) is 1. The number of nitrogens with one attached hydrogen (secondary N) is 1. The van der Waals surface area contributed by atoms with Gasteiger partial charge in [-0.2, -0.15) is 0 Å². The molecule has 18 heteroatoms.